The van der Waals surface area contributed by atoms with Gasteiger partial charge in [-0.05, 0) is 32.4 Å². The number of nitrogens with one attached hydrogen (secondary N) is 1. The molecular weight excluding hydrogens is 214 g/mol. The molecule has 4 nitrogen and oxygen atoms in total. The van der Waals surface area contributed by atoms with Gasteiger partial charge in [-0.3, -0.25) is 10.1 Å². The summed E-state index contributed by atoms with van der Waals surface area (Å²) in [6, 6.07) is 0.433. The second kappa shape index (κ2) is 5.83. The van der Waals surface area contributed by atoms with Crippen LogP contribution < -0.4 is 5.32 Å². The summed E-state index contributed by atoms with van der Waals surface area (Å²) in [5.74, 6) is 0.298. The summed E-state index contributed by atoms with van der Waals surface area (Å²) >= 11 is 0. The molecule has 0 saturated carbocycles. The predicted molar refractivity (Wildman–Crippen MR) is 68.7 cm³/mol. The van der Waals surface area contributed by atoms with Crippen molar-refractivity contribution in [1.29, 1.82) is 0 Å². The van der Waals surface area contributed by atoms with Crippen molar-refractivity contribution in [2.75, 3.05) is 26.2 Å². The monoisotopic (exact) mass is 239 g/mol. The van der Waals surface area contributed by atoms with Crippen LogP contribution in [0.4, 0.5) is 0 Å². The molecule has 2 unspecified atom stereocenters. The zero-order valence-corrected chi connectivity index (χ0v) is 11.1. The molecule has 0 radical (unpaired) electrons. The molecule has 0 spiro atoms. The largest absolute Gasteiger partial charge is 0.322 e. The average Bonchev–Trinajstić information content (AvgIpc) is 2.71. The first-order valence-corrected chi connectivity index (χ1v) is 7.03. The molecular formula is C13H25N3O. The lowest BCUT2D eigenvalue weighted by atomic mass is 10.0. The van der Waals surface area contributed by atoms with Gasteiger partial charge in [0.1, 0.15) is 0 Å². The number of hydrogen-bond donors (Lipinski definition) is 1. The van der Waals surface area contributed by atoms with E-state index in [0.29, 0.717) is 18.5 Å². The summed E-state index contributed by atoms with van der Waals surface area (Å²) in [6.07, 6.45) is 4.89. The predicted octanol–water partition coefficient (Wildman–Crippen LogP) is 1.03. The second-order valence-electron chi connectivity index (χ2n) is 5.18. The Kier molecular flexibility index (Phi) is 4.40. The maximum atomic E-state index is 12.0. The summed E-state index contributed by atoms with van der Waals surface area (Å²) in [4.78, 5) is 16.6. The van der Waals surface area contributed by atoms with Crippen LogP contribution >= 0.6 is 0 Å². The summed E-state index contributed by atoms with van der Waals surface area (Å²) in [5.41, 5.74) is 0. The molecule has 0 aliphatic carbocycles. The van der Waals surface area contributed by atoms with E-state index in [9.17, 15) is 4.79 Å². The molecule has 2 atom stereocenters. The molecule has 2 saturated heterocycles. The van der Waals surface area contributed by atoms with Gasteiger partial charge in [-0.15, -0.1) is 0 Å². The fraction of sp³-hybridized carbons (Fsp3) is 0.923. The minimum atomic E-state index is 0.286. The number of nitrogens with zero attached hydrogens (tertiary/aromatic N) is 2. The van der Waals surface area contributed by atoms with E-state index in [1.54, 1.807) is 0 Å². The Morgan fingerprint density at radius 1 is 1.41 bits per heavy atom. The quantitative estimate of drug-likeness (QED) is 0.796. The molecule has 2 rings (SSSR count). The van der Waals surface area contributed by atoms with Crippen LogP contribution in [-0.4, -0.2) is 54.1 Å². The number of hydrogen-bond acceptors (Lipinski definition) is 3. The smallest absolute Gasteiger partial charge is 0.238 e. The molecule has 1 N–H and O–H groups in total. The van der Waals surface area contributed by atoms with E-state index in [1.807, 2.05) is 0 Å². The highest BCUT2D eigenvalue weighted by molar-refractivity contribution is 5.81. The third-order valence-corrected chi connectivity index (χ3v) is 4.00. The SMILES string of the molecule is CCCC1NCC(=O)N1C1CCCN(CC)C1. The number of piperidine rings is 1. The van der Waals surface area contributed by atoms with E-state index in [2.05, 4.69) is 29.0 Å². The van der Waals surface area contributed by atoms with Gasteiger partial charge < -0.3 is 9.80 Å². The van der Waals surface area contributed by atoms with Crippen molar-refractivity contribution in [2.45, 2.75) is 51.7 Å². The Bertz CT molecular complexity index is 269. The highest BCUT2D eigenvalue weighted by Crippen LogP contribution is 2.21. The summed E-state index contributed by atoms with van der Waals surface area (Å²) < 4.78 is 0. The number of likely N-dealkylation sites (N-methyl/N-ethyl adjacent to an activating group) is 1. The lowest BCUT2D eigenvalue weighted by Gasteiger charge is -2.39. The van der Waals surface area contributed by atoms with Crippen LogP contribution in [0.25, 0.3) is 0 Å². The molecule has 4 heteroatoms. The van der Waals surface area contributed by atoms with Crippen molar-refractivity contribution >= 4 is 5.91 Å². The van der Waals surface area contributed by atoms with Crippen LogP contribution in [0.5, 0.6) is 0 Å². The molecule has 2 aliphatic heterocycles. The van der Waals surface area contributed by atoms with Gasteiger partial charge in [-0.25, -0.2) is 0 Å². The third kappa shape index (κ3) is 2.80. The van der Waals surface area contributed by atoms with Crippen molar-refractivity contribution in [3.05, 3.63) is 0 Å². The van der Waals surface area contributed by atoms with Crippen molar-refractivity contribution in [1.82, 2.24) is 15.1 Å². The normalized spacial score (nSPS) is 31.2. The number of likely N-dealkylation sites (tertiary alicyclic amines) is 1. The van der Waals surface area contributed by atoms with E-state index >= 15 is 0 Å². The molecule has 17 heavy (non-hydrogen) atoms. The second-order valence-corrected chi connectivity index (χ2v) is 5.18. The molecule has 0 aromatic heterocycles. The summed E-state index contributed by atoms with van der Waals surface area (Å²) in [6.45, 7) is 8.28. The zero-order chi connectivity index (χ0) is 12.3. The maximum absolute atomic E-state index is 12.0. The molecule has 2 aliphatic rings. The van der Waals surface area contributed by atoms with Crippen molar-refractivity contribution < 1.29 is 4.79 Å². The molecule has 0 aromatic rings. The van der Waals surface area contributed by atoms with Gasteiger partial charge in [0.2, 0.25) is 5.91 Å². The van der Waals surface area contributed by atoms with Crippen LogP contribution in [-0.2, 0) is 4.79 Å². The van der Waals surface area contributed by atoms with Crippen molar-refractivity contribution in [3.8, 4) is 0 Å². The lowest BCUT2D eigenvalue weighted by molar-refractivity contribution is -0.131. The number of carbonyl (C=O) groups excluding carboxylic acids is 1. The molecule has 0 aromatic carbocycles. The van der Waals surface area contributed by atoms with E-state index in [1.165, 1.54) is 19.4 Å². The zero-order valence-electron chi connectivity index (χ0n) is 11.1. The maximum Gasteiger partial charge on any atom is 0.238 e. The fourth-order valence-electron chi connectivity index (χ4n) is 3.09. The van der Waals surface area contributed by atoms with Gasteiger partial charge >= 0.3 is 0 Å². The topological polar surface area (TPSA) is 35.6 Å². The average molecular weight is 239 g/mol. The van der Waals surface area contributed by atoms with E-state index in [4.69, 9.17) is 0 Å². The minimum Gasteiger partial charge on any atom is -0.322 e. The lowest BCUT2D eigenvalue weighted by Crippen LogP contribution is -2.52. The molecule has 2 heterocycles. The van der Waals surface area contributed by atoms with Gasteiger partial charge in [-0.2, -0.15) is 0 Å². The third-order valence-electron chi connectivity index (χ3n) is 4.00. The Labute approximate surface area is 104 Å². The van der Waals surface area contributed by atoms with Crippen molar-refractivity contribution in [3.63, 3.8) is 0 Å². The van der Waals surface area contributed by atoms with Gasteiger partial charge in [0.25, 0.3) is 0 Å². The molecule has 98 valence electrons. The van der Waals surface area contributed by atoms with Gasteiger partial charge in [-0.1, -0.05) is 20.3 Å². The Morgan fingerprint density at radius 3 is 2.94 bits per heavy atom. The van der Waals surface area contributed by atoms with Crippen LogP contribution in [0.3, 0.4) is 0 Å². The van der Waals surface area contributed by atoms with Gasteiger partial charge in [0.05, 0.1) is 12.7 Å². The van der Waals surface area contributed by atoms with Gasteiger partial charge in [0.15, 0.2) is 0 Å². The standard InChI is InChI=1S/C13H25N3O/c1-3-6-12-14-9-13(17)16(12)11-7-5-8-15(4-2)10-11/h11-12,14H,3-10H2,1-2H3. The van der Waals surface area contributed by atoms with Crippen LogP contribution in [0.1, 0.15) is 39.5 Å². The first kappa shape index (κ1) is 12.8. The Hall–Kier alpha value is -0.610. The van der Waals surface area contributed by atoms with E-state index < -0.39 is 0 Å². The van der Waals surface area contributed by atoms with E-state index in [-0.39, 0.29) is 6.17 Å². The Balaban J connectivity index is 2.00. The first-order chi connectivity index (χ1) is 8.26. The minimum absolute atomic E-state index is 0.286. The summed E-state index contributed by atoms with van der Waals surface area (Å²) in [5, 5.41) is 3.35. The number of amides is 1. The first-order valence-electron chi connectivity index (χ1n) is 7.03. The molecule has 0 bridgehead atoms. The highest BCUT2D eigenvalue weighted by Gasteiger charge is 2.36. The Morgan fingerprint density at radius 2 is 2.24 bits per heavy atom. The van der Waals surface area contributed by atoms with E-state index in [0.717, 1.165) is 25.9 Å². The number of carbonyl (C=O) groups is 1. The summed E-state index contributed by atoms with van der Waals surface area (Å²) in [7, 11) is 0. The highest BCUT2D eigenvalue weighted by atomic mass is 16.2. The molecule has 2 fully saturated rings. The van der Waals surface area contributed by atoms with Crippen LogP contribution in [0.15, 0.2) is 0 Å². The van der Waals surface area contributed by atoms with Crippen LogP contribution in [0, 0.1) is 0 Å². The molecule has 1 amide bonds. The fourth-order valence-corrected chi connectivity index (χ4v) is 3.09. The van der Waals surface area contributed by atoms with Crippen molar-refractivity contribution in [2.24, 2.45) is 0 Å². The number of rotatable bonds is 4. The van der Waals surface area contributed by atoms with Gasteiger partial charge in [0, 0.05) is 12.6 Å². The van der Waals surface area contributed by atoms with Crippen LogP contribution in [0.2, 0.25) is 0 Å².